The number of rotatable bonds is 5. The van der Waals surface area contributed by atoms with E-state index in [-0.39, 0.29) is 11.3 Å². The molecule has 0 fully saturated rings. The minimum Gasteiger partial charge on any atom is -0.380 e. The maximum absolute atomic E-state index is 12.1. The molecular weight excluding hydrogens is 272 g/mol. The molecule has 1 heterocycles. The number of pyridine rings is 1. The molecule has 2 rings (SSSR count). The molecule has 0 saturated heterocycles. The molecule has 1 aromatic carbocycles. The monoisotopic (exact) mass is 286 g/mol. The Morgan fingerprint density at radius 2 is 2.00 bits per heavy atom. The van der Waals surface area contributed by atoms with Crippen molar-refractivity contribution in [3.8, 4) is 0 Å². The van der Waals surface area contributed by atoms with E-state index in [4.69, 9.17) is 0 Å². The molecule has 21 heavy (non-hydrogen) atoms. The van der Waals surface area contributed by atoms with Crippen LogP contribution in [0.25, 0.3) is 0 Å². The molecule has 0 spiro atoms. The zero-order chi connectivity index (χ0) is 15.2. The number of benzene rings is 1. The van der Waals surface area contributed by atoms with Crippen molar-refractivity contribution in [1.29, 1.82) is 0 Å². The maximum Gasteiger partial charge on any atom is 0.293 e. The smallest absolute Gasteiger partial charge is 0.293 e. The zero-order valence-corrected chi connectivity index (χ0v) is 11.4. The van der Waals surface area contributed by atoms with Crippen LogP contribution < -0.4 is 10.6 Å². The molecule has 0 aliphatic heterocycles. The Kier molecular flexibility index (Phi) is 4.45. The van der Waals surface area contributed by atoms with Gasteiger partial charge in [0.2, 0.25) is 0 Å². The minimum absolute atomic E-state index is 0.126. The molecule has 0 bridgehead atoms. The highest BCUT2D eigenvalue weighted by atomic mass is 16.6. The Labute approximate surface area is 121 Å². The summed E-state index contributed by atoms with van der Waals surface area (Å²) in [6, 6.07) is 7.61. The van der Waals surface area contributed by atoms with Gasteiger partial charge in [0.1, 0.15) is 5.69 Å². The molecular formula is C14H14N4O3. The van der Waals surface area contributed by atoms with Gasteiger partial charge >= 0.3 is 0 Å². The Hall–Kier alpha value is -2.96. The highest BCUT2D eigenvalue weighted by Gasteiger charge is 2.17. The van der Waals surface area contributed by atoms with Gasteiger partial charge in [0.25, 0.3) is 11.6 Å². The first-order valence-electron chi connectivity index (χ1n) is 6.35. The van der Waals surface area contributed by atoms with E-state index in [0.29, 0.717) is 17.9 Å². The molecule has 0 aliphatic rings. The van der Waals surface area contributed by atoms with Gasteiger partial charge in [-0.05, 0) is 31.2 Å². The summed E-state index contributed by atoms with van der Waals surface area (Å²) in [6.45, 7) is 2.40. The molecule has 7 nitrogen and oxygen atoms in total. The minimum atomic E-state index is -0.513. The number of amides is 1. The van der Waals surface area contributed by atoms with Gasteiger partial charge in [0.05, 0.1) is 4.92 Å². The van der Waals surface area contributed by atoms with Gasteiger partial charge in [-0.15, -0.1) is 0 Å². The third-order valence-corrected chi connectivity index (χ3v) is 2.76. The van der Waals surface area contributed by atoms with E-state index in [2.05, 4.69) is 15.6 Å². The molecule has 2 aromatic rings. The van der Waals surface area contributed by atoms with Gasteiger partial charge in [0, 0.05) is 36.3 Å². The van der Waals surface area contributed by atoms with Crippen molar-refractivity contribution in [1.82, 2.24) is 4.98 Å². The molecule has 0 radical (unpaired) electrons. The van der Waals surface area contributed by atoms with E-state index in [1.54, 1.807) is 30.6 Å². The van der Waals surface area contributed by atoms with Gasteiger partial charge < -0.3 is 10.6 Å². The van der Waals surface area contributed by atoms with Crippen molar-refractivity contribution < 1.29 is 9.72 Å². The topological polar surface area (TPSA) is 97.2 Å². The van der Waals surface area contributed by atoms with E-state index < -0.39 is 10.8 Å². The first kappa shape index (κ1) is 14.4. The first-order valence-corrected chi connectivity index (χ1v) is 6.35. The molecule has 108 valence electrons. The fourth-order valence-corrected chi connectivity index (χ4v) is 1.80. The van der Waals surface area contributed by atoms with Crippen molar-refractivity contribution >= 4 is 23.0 Å². The van der Waals surface area contributed by atoms with Crippen LogP contribution in [-0.4, -0.2) is 22.4 Å². The van der Waals surface area contributed by atoms with Crippen LogP contribution in [0.5, 0.6) is 0 Å². The van der Waals surface area contributed by atoms with Crippen LogP contribution in [0.3, 0.4) is 0 Å². The molecule has 0 atom stereocenters. The molecule has 0 unspecified atom stereocenters. The quantitative estimate of drug-likeness (QED) is 0.650. The Morgan fingerprint density at radius 1 is 1.29 bits per heavy atom. The number of aromatic nitrogens is 1. The van der Waals surface area contributed by atoms with E-state index in [9.17, 15) is 14.9 Å². The number of hydrogen-bond donors (Lipinski definition) is 2. The van der Waals surface area contributed by atoms with Crippen molar-refractivity contribution in [3.05, 3.63) is 58.4 Å². The molecule has 7 heteroatoms. The number of carbonyl (C=O) groups is 1. The number of hydrogen-bond acceptors (Lipinski definition) is 5. The molecule has 1 amide bonds. The lowest BCUT2D eigenvalue weighted by Crippen LogP contribution is -2.12. The average molecular weight is 286 g/mol. The summed E-state index contributed by atoms with van der Waals surface area (Å²) < 4.78 is 0. The fourth-order valence-electron chi connectivity index (χ4n) is 1.80. The number of carbonyl (C=O) groups excluding carboxylic acids is 1. The highest BCUT2D eigenvalue weighted by Crippen LogP contribution is 2.25. The van der Waals surface area contributed by atoms with Crippen molar-refractivity contribution in [2.45, 2.75) is 6.92 Å². The summed E-state index contributed by atoms with van der Waals surface area (Å²) in [5.41, 5.74) is 1.07. The summed E-state index contributed by atoms with van der Waals surface area (Å²) >= 11 is 0. The number of nitro groups is 1. The third-order valence-electron chi connectivity index (χ3n) is 2.76. The second kappa shape index (κ2) is 6.47. The average Bonchev–Trinajstić information content (AvgIpc) is 2.48. The zero-order valence-electron chi connectivity index (χ0n) is 11.4. The largest absolute Gasteiger partial charge is 0.380 e. The lowest BCUT2D eigenvalue weighted by atomic mass is 10.1. The lowest BCUT2D eigenvalue weighted by molar-refractivity contribution is -0.384. The Balaban J connectivity index is 2.25. The second-order valence-electron chi connectivity index (χ2n) is 4.21. The van der Waals surface area contributed by atoms with Crippen molar-refractivity contribution in [3.63, 3.8) is 0 Å². The van der Waals surface area contributed by atoms with Crippen LogP contribution in [0.1, 0.15) is 17.3 Å². The van der Waals surface area contributed by atoms with Crippen LogP contribution >= 0.6 is 0 Å². The van der Waals surface area contributed by atoms with Gasteiger partial charge in [-0.3, -0.25) is 19.9 Å². The Bertz CT molecular complexity index is 659. The molecule has 0 saturated carbocycles. The predicted octanol–water partition coefficient (Wildman–Crippen LogP) is 2.67. The van der Waals surface area contributed by atoms with Crippen LogP contribution in [0.4, 0.5) is 17.1 Å². The first-order chi connectivity index (χ1) is 10.1. The van der Waals surface area contributed by atoms with E-state index in [1.165, 1.54) is 12.1 Å². The predicted molar refractivity (Wildman–Crippen MR) is 79.5 cm³/mol. The van der Waals surface area contributed by atoms with Crippen LogP contribution in [-0.2, 0) is 0 Å². The van der Waals surface area contributed by atoms with Crippen molar-refractivity contribution in [2.75, 3.05) is 17.2 Å². The fraction of sp³-hybridized carbons (Fsp3) is 0.143. The highest BCUT2D eigenvalue weighted by molar-refractivity contribution is 6.05. The number of nitrogens with zero attached hydrogens (tertiary/aromatic N) is 2. The number of nitrogens with one attached hydrogen (secondary N) is 2. The lowest BCUT2D eigenvalue weighted by Gasteiger charge is -2.08. The SMILES string of the molecule is CCNc1ccc(C(=O)Nc2ccncc2)cc1[N+](=O)[O-]. The summed E-state index contributed by atoms with van der Waals surface area (Å²) in [5.74, 6) is -0.410. The maximum atomic E-state index is 12.1. The summed E-state index contributed by atoms with van der Waals surface area (Å²) in [6.07, 6.45) is 3.10. The van der Waals surface area contributed by atoms with Crippen LogP contribution in [0.2, 0.25) is 0 Å². The van der Waals surface area contributed by atoms with Gasteiger partial charge in [-0.1, -0.05) is 0 Å². The van der Waals surface area contributed by atoms with Crippen molar-refractivity contribution in [2.24, 2.45) is 0 Å². The molecule has 1 aromatic heterocycles. The standard InChI is InChI=1S/C14H14N4O3/c1-2-16-12-4-3-10(9-13(12)18(20)21)14(19)17-11-5-7-15-8-6-11/h3-9,16H,2H2,1H3,(H,15,17,19). The van der Waals surface area contributed by atoms with E-state index >= 15 is 0 Å². The number of nitro benzene ring substituents is 1. The number of anilines is 2. The summed E-state index contributed by atoms with van der Waals surface area (Å²) in [4.78, 5) is 26.5. The summed E-state index contributed by atoms with van der Waals surface area (Å²) in [7, 11) is 0. The summed E-state index contributed by atoms with van der Waals surface area (Å²) in [5, 5.41) is 16.6. The van der Waals surface area contributed by atoms with Gasteiger partial charge in [-0.2, -0.15) is 0 Å². The van der Waals surface area contributed by atoms with E-state index in [0.717, 1.165) is 0 Å². The second-order valence-corrected chi connectivity index (χ2v) is 4.21. The van der Waals surface area contributed by atoms with Crippen LogP contribution in [0, 0.1) is 10.1 Å². The third kappa shape index (κ3) is 3.53. The van der Waals surface area contributed by atoms with E-state index in [1.807, 2.05) is 6.92 Å². The van der Waals surface area contributed by atoms with Crippen LogP contribution in [0.15, 0.2) is 42.7 Å². The molecule has 2 N–H and O–H groups in total. The normalized spacial score (nSPS) is 9.95. The Morgan fingerprint density at radius 3 is 2.62 bits per heavy atom. The van der Waals surface area contributed by atoms with Gasteiger partial charge in [-0.25, -0.2) is 0 Å². The van der Waals surface area contributed by atoms with Gasteiger partial charge in [0.15, 0.2) is 0 Å². The molecule has 0 aliphatic carbocycles.